The molecule has 25 heavy (non-hydrogen) atoms. The quantitative estimate of drug-likeness (QED) is 0.673. The summed E-state index contributed by atoms with van der Waals surface area (Å²) in [4.78, 5) is 16.8. The second-order valence-corrected chi connectivity index (χ2v) is 6.66. The molecule has 5 nitrogen and oxygen atoms in total. The van der Waals surface area contributed by atoms with E-state index in [2.05, 4.69) is 28.6 Å². The summed E-state index contributed by atoms with van der Waals surface area (Å²) in [5.74, 6) is 0.0420. The number of carbonyl (C=O) groups is 1. The summed E-state index contributed by atoms with van der Waals surface area (Å²) in [6.07, 6.45) is 4.07. The average molecular weight is 345 g/mol. The van der Waals surface area contributed by atoms with Crippen LogP contribution in [-0.4, -0.2) is 66.2 Å². The molecule has 0 aromatic heterocycles. The third-order valence-corrected chi connectivity index (χ3v) is 4.68. The molecule has 0 aliphatic carbocycles. The number of hydrogen-bond acceptors (Lipinski definition) is 4. The van der Waals surface area contributed by atoms with Crippen LogP contribution in [0.15, 0.2) is 36.9 Å². The molecule has 5 heteroatoms. The lowest BCUT2D eigenvalue weighted by Gasteiger charge is -2.35. The number of anilines is 1. The Bertz CT molecular complexity index is 554. The molecule has 2 N–H and O–H groups in total. The molecule has 0 bridgehead atoms. The fourth-order valence-corrected chi connectivity index (χ4v) is 3.17. The maximum absolute atomic E-state index is 12.3. The van der Waals surface area contributed by atoms with Crippen molar-refractivity contribution < 1.29 is 9.90 Å². The first-order valence-corrected chi connectivity index (χ1v) is 9.23. The average Bonchev–Trinajstić information content (AvgIpc) is 2.62. The first-order chi connectivity index (χ1) is 12.1. The Kier molecular flexibility index (Phi) is 8.12. The highest BCUT2D eigenvalue weighted by molar-refractivity contribution is 5.93. The molecule has 1 unspecified atom stereocenters. The molecule has 1 amide bonds. The van der Waals surface area contributed by atoms with Gasteiger partial charge >= 0.3 is 0 Å². The number of hydrogen-bond donors (Lipinski definition) is 2. The summed E-state index contributed by atoms with van der Waals surface area (Å²) >= 11 is 0. The van der Waals surface area contributed by atoms with E-state index in [0.717, 1.165) is 56.7 Å². The van der Waals surface area contributed by atoms with Crippen molar-refractivity contribution in [1.82, 2.24) is 9.80 Å². The first kappa shape index (κ1) is 19.6. The summed E-state index contributed by atoms with van der Waals surface area (Å²) < 4.78 is 0. The lowest BCUT2D eigenvalue weighted by atomic mass is 10.1. The van der Waals surface area contributed by atoms with E-state index >= 15 is 0 Å². The van der Waals surface area contributed by atoms with Gasteiger partial charge in [0.05, 0.1) is 12.6 Å². The van der Waals surface area contributed by atoms with E-state index in [1.165, 1.54) is 0 Å². The fraction of sp³-hybridized carbons (Fsp3) is 0.550. The van der Waals surface area contributed by atoms with Gasteiger partial charge in [0, 0.05) is 38.4 Å². The Labute approximate surface area is 151 Å². The van der Waals surface area contributed by atoms with Gasteiger partial charge in [-0.2, -0.15) is 0 Å². The zero-order valence-electron chi connectivity index (χ0n) is 15.3. The molecule has 1 fully saturated rings. The number of nitrogens with zero attached hydrogens (tertiary/aromatic N) is 2. The van der Waals surface area contributed by atoms with Crippen LogP contribution in [0.4, 0.5) is 5.69 Å². The number of rotatable bonds is 9. The van der Waals surface area contributed by atoms with Crippen molar-refractivity contribution in [3.8, 4) is 0 Å². The van der Waals surface area contributed by atoms with Crippen molar-refractivity contribution in [3.63, 3.8) is 0 Å². The van der Waals surface area contributed by atoms with E-state index in [-0.39, 0.29) is 12.0 Å². The lowest BCUT2D eigenvalue weighted by Crippen LogP contribution is -2.50. The number of amides is 1. The predicted octanol–water partition coefficient (Wildman–Crippen LogP) is 2.13. The lowest BCUT2D eigenvalue weighted by molar-refractivity contribution is -0.117. The number of allylic oxidation sites excluding steroid dienone is 1. The Balaban J connectivity index is 1.72. The summed E-state index contributed by atoms with van der Waals surface area (Å²) in [6.45, 7) is 10.4. The van der Waals surface area contributed by atoms with E-state index in [1.54, 1.807) is 0 Å². The van der Waals surface area contributed by atoms with Crippen LogP contribution in [0.1, 0.15) is 25.3 Å². The SMILES string of the molecule is C=CCCC(O)CN1CCN(CC(=O)Nc2ccccc2CC)CC1. The molecule has 1 aromatic rings. The summed E-state index contributed by atoms with van der Waals surface area (Å²) in [6, 6.07) is 7.95. The molecule has 1 aliphatic heterocycles. The minimum absolute atomic E-state index is 0.0420. The van der Waals surface area contributed by atoms with Crippen molar-refractivity contribution in [3.05, 3.63) is 42.5 Å². The van der Waals surface area contributed by atoms with Gasteiger partial charge < -0.3 is 10.4 Å². The second kappa shape index (κ2) is 10.3. The van der Waals surface area contributed by atoms with Crippen molar-refractivity contribution in [2.75, 3.05) is 44.6 Å². The molecule has 1 saturated heterocycles. The van der Waals surface area contributed by atoms with E-state index in [1.807, 2.05) is 30.3 Å². The minimum atomic E-state index is -0.293. The maximum Gasteiger partial charge on any atom is 0.238 e. The Morgan fingerprint density at radius 1 is 1.28 bits per heavy atom. The van der Waals surface area contributed by atoms with Crippen LogP contribution in [0.25, 0.3) is 0 Å². The maximum atomic E-state index is 12.3. The largest absolute Gasteiger partial charge is 0.392 e. The number of benzene rings is 1. The number of piperazine rings is 1. The van der Waals surface area contributed by atoms with E-state index in [0.29, 0.717) is 13.1 Å². The number of aliphatic hydroxyl groups is 1. The molecular formula is C20H31N3O2. The monoisotopic (exact) mass is 345 g/mol. The van der Waals surface area contributed by atoms with Crippen LogP contribution in [0.5, 0.6) is 0 Å². The third-order valence-electron chi connectivity index (χ3n) is 4.68. The van der Waals surface area contributed by atoms with Crippen molar-refractivity contribution in [2.24, 2.45) is 0 Å². The molecule has 1 aliphatic rings. The van der Waals surface area contributed by atoms with Crippen LogP contribution in [0.2, 0.25) is 0 Å². The molecule has 1 aromatic carbocycles. The van der Waals surface area contributed by atoms with Crippen LogP contribution in [0, 0.1) is 0 Å². The highest BCUT2D eigenvalue weighted by Gasteiger charge is 2.20. The van der Waals surface area contributed by atoms with Gasteiger partial charge in [-0.15, -0.1) is 6.58 Å². The van der Waals surface area contributed by atoms with Gasteiger partial charge in [-0.3, -0.25) is 14.6 Å². The van der Waals surface area contributed by atoms with Crippen molar-refractivity contribution in [1.29, 1.82) is 0 Å². The predicted molar refractivity (Wildman–Crippen MR) is 103 cm³/mol. The Morgan fingerprint density at radius 3 is 2.64 bits per heavy atom. The Hall–Kier alpha value is -1.69. The van der Waals surface area contributed by atoms with Gasteiger partial charge in [-0.1, -0.05) is 31.2 Å². The molecule has 1 atom stereocenters. The van der Waals surface area contributed by atoms with Gasteiger partial charge in [0.1, 0.15) is 0 Å². The van der Waals surface area contributed by atoms with E-state index in [9.17, 15) is 9.90 Å². The smallest absolute Gasteiger partial charge is 0.238 e. The van der Waals surface area contributed by atoms with Gasteiger partial charge in [0.25, 0.3) is 0 Å². The van der Waals surface area contributed by atoms with Gasteiger partial charge in [0.2, 0.25) is 5.91 Å². The second-order valence-electron chi connectivity index (χ2n) is 6.66. The number of aliphatic hydroxyl groups excluding tert-OH is 1. The summed E-state index contributed by atoms with van der Waals surface area (Å²) in [5, 5.41) is 13.0. The highest BCUT2D eigenvalue weighted by Crippen LogP contribution is 2.15. The number of aryl methyl sites for hydroxylation is 1. The fourth-order valence-electron chi connectivity index (χ4n) is 3.17. The van der Waals surface area contributed by atoms with Gasteiger partial charge in [-0.25, -0.2) is 0 Å². The number of nitrogens with one attached hydrogen (secondary N) is 1. The molecule has 0 radical (unpaired) electrons. The summed E-state index contributed by atoms with van der Waals surface area (Å²) in [5.41, 5.74) is 2.08. The minimum Gasteiger partial charge on any atom is -0.392 e. The number of β-amino-alcohol motifs (C(OH)–C–C–N with tert-alkyl or cyclic N) is 1. The first-order valence-electron chi connectivity index (χ1n) is 9.23. The molecule has 0 spiro atoms. The topological polar surface area (TPSA) is 55.8 Å². The highest BCUT2D eigenvalue weighted by atomic mass is 16.3. The van der Waals surface area contributed by atoms with Gasteiger partial charge in [-0.05, 0) is 30.9 Å². The van der Waals surface area contributed by atoms with Crippen LogP contribution < -0.4 is 5.32 Å². The number of para-hydroxylation sites is 1. The van der Waals surface area contributed by atoms with Crippen LogP contribution in [0.3, 0.4) is 0 Å². The molecule has 138 valence electrons. The standard InChI is InChI=1S/C20H31N3O2/c1-3-5-9-18(24)15-22-11-13-23(14-12-22)16-20(25)21-19-10-7-6-8-17(19)4-2/h3,6-8,10,18,24H,1,4-5,9,11-16H2,2H3,(H,21,25). The zero-order valence-corrected chi connectivity index (χ0v) is 15.3. The van der Waals surface area contributed by atoms with Crippen molar-refractivity contribution >= 4 is 11.6 Å². The molecule has 1 heterocycles. The van der Waals surface area contributed by atoms with Crippen molar-refractivity contribution in [2.45, 2.75) is 32.3 Å². The van der Waals surface area contributed by atoms with Gasteiger partial charge in [0.15, 0.2) is 0 Å². The third kappa shape index (κ3) is 6.61. The normalized spacial score (nSPS) is 17.2. The molecule has 2 rings (SSSR count). The van der Waals surface area contributed by atoms with E-state index in [4.69, 9.17) is 0 Å². The number of carbonyl (C=O) groups excluding carboxylic acids is 1. The molecular weight excluding hydrogens is 314 g/mol. The van der Waals surface area contributed by atoms with Crippen LogP contribution in [-0.2, 0) is 11.2 Å². The van der Waals surface area contributed by atoms with Crippen LogP contribution >= 0.6 is 0 Å². The summed E-state index contributed by atoms with van der Waals surface area (Å²) in [7, 11) is 0. The Morgan fingerprint density at radius 2 is 1.96 bits per heavy atom. The zero-order chi connectivity index (χ0) is 18.1. The molecule has 0 saturated carbocycles. The van der Waals surface area contributed by atoms with E-state index < -0.39 is 0 Å².